The number of hydrogen-bond donors (Lipinski definition) is 1. The Kier molecular flexibility index (Phi) is 6.45. The van der Waals surface area contributed by atoms with E-state index in [9.17, 15) is 0 Å². The van der Waals surface area contributed by atoms with Gasteiger partial charge in [0.05, 0.1) is 20.4 Å². The van der Waals surface area contributed by atoms with E-state index in [0.717, 1.165) is 18.4 Å². The molecule has 0 bridgehead atoms. The van der Waals surface area contributed by atoms with Crippen LogP contribution in [0.15, 0.2) is 23.4 Å². The summed E-state index contributed by atoms with van der Waals surface area (Å²) in [5, 5.41) is 7.43. The van der Waals surface area contributed by atoms with Crippen LogP contribution in [0.25, 0.3) is 0 Å². The number of oxime groups is 1. The molecule has 1 saturated carbocycles. The standard InChI is InChI=1S/C16H22N2O3S/c1-19-14-9-8-12(10-15(14)20-2)11-17-21-16(22)18-13-6-4-3-5-7-13/h8-11,13H,3-7H2,1-2H3,(H,18,22)/b17-11-. The third kappa shape index (κ3) is 4.87. The first-order valence-electron chi connectivity index (χ1n) is 7.46. The molecule has 6 heteroatoms. The Bertz CT molecular complexity index is 528. The molecule has 1 fully saturated rings. The average molecular weight is 322 g/mol. The molecule has 120 valence electrons. The van der Waals surface area contributed by atoms with Crippen molar-refractivity contribution in [1.29, 1.82) is 0 Å². The van der Waals surface area contributed by atoms with Crippen LogP contribution in [-0.4, -0.2) is 31.7 Å². The van der Waals surface area contributed by atoms with Crippen LogP contribution in [0.5, 0.6) is 11.5 Å². The summed E-state index contributed by atoms with van der Waals surface area (Å²) < 4.78 is 10.4. The molecule has 0 atom stereocenters. The fourth-order valence-electron chi connectivity index (χ4n) is 2.51. The van der Waals surface area contributed by atoms with Crippen molar-refractivity contribution in [2.45, 2.75) is 38.1 Å². The Morgan fingerprint density at radius 1 is 1.18 bits per heavy atom. The Balaban J connectivity index is 1.84. The summed E-state index contributed by atoms with van der Waals surface area (Å²) in [5.41, 5.74) is 0.845. The molecule has 1 aliphatic carbocycles. The minimum atomic E-state index is 0.323. The molecule has 0 amide bonds. The molecule has 22 heavy (non-hydrogen) atoms. The van der Waals surface area contributed by atoms with Crippen molar-refractivity contribution in [3.05, 3.63) is 23.8 Å². The maximum atomic E-state index is 5.24. The van der Waals surface area contributed by atoms with Gasteiger partial charge in [-0.05, 0) is 43.3 Å². The highest BCUT2D eigenvalue weighted by atomic mass is 32.1. The third-order valence-electron chi connectivity index (χ3n) is 3.67. The predicted octanol–water partition coefficient (Wildman–Crippen LogP) is 3.26. The van der Waals surface area contributed by atoms with Crippen LogP contribution in [0.1, 0.15) is 37.7 Å². The normalized spacial score (nSPS) is 15.5. The van der Waals surface area contributed by atoms with Crippen LogP contribution < -0.4 is 14.8 Å². The van der Waals surface area contributed by atoms with Crippen LogP contribution in [0, 0.1) is 0 Å². The number of nitrogens with one attached hydrogen (secondary N) is 1. The van der Waals surface area contributed by atoms with Gasteiger partial charge < -0.3 is 19.6 Å². The third-order valence-corrected chi connectivity index (χ3v) is 3.86. The van der Waals surface area contributed by atoms with E-state index in [4.69, 9.17) is 26.5 Å². The molecule has 0 unspecified atom stereocenters. The van der Waals surface area contributed by atoms with Crippen molar-refractivity contribution in [2.24, 2.45) is 5.16 Å². The van der Waals surface area contributed by atoms with E-state index in [1.54, 1.807) is 20.4 Å². The second-order valence-electron chi connectivity index (χ2n) is 5.21. The molecule has 2 rings (SSSR count). The van der Waals surface area contributed by atoms with Crippen LogP contribution in [0.2, 0.25) is 0 Å². The number of ether oxygens (including phenoxy) is 2. The van der Waals surface area contributed by atoms with Gasteiger partial charge in [0.2, 0.25) is 0 Å². The maximum absolute atomic E-state index is 5.24. The van der Waals surface area contributed by atoms with Gasteiger partial charge in [-0.3, -0.25) is 0 Å². The van der Waals surface area contributed by atoms with E-state index < -0.39 is 0 Å². The molecular formula is C16H22N2O3S. The largest absolute Gasteiger partial charge is 0.493 e. The molecule has 1 N–H and O–H groups in total. The van der Waals surface area contributed by atoms with Gasteiger partial charge in [-0.25, -0.2) is 0 Å². The zero-order valence-electron chi connectivity index (χ0n) is 13.0. The Hall–Kier alpha value is -1.82. The summed E-state index contributed by atoms with van der Waals surface area (Å²) in [7, 11) is 3.20. The zero-order valence-corrected chi connectivity index (χ0v) is 13.8. The molecule has 0 aliphatic heterocycles. The lowest BCUT2D eigenvalue weighted by Gasteiger charge is -2.22. The van der Waals surface area contributed by atoms with E-state index in [1.165, 1.54) is 19.3 Å². The van der Waals surface area contributed by atoms with Crippen molar-refractivity contribution in [1.82, 2.24) is 5.32 Å². The van der Waals surface area contributed by atoms with Gasteiger partial charge in [0.25, 0.3) is 5.17 Å². The van der Waals surface area contributed by atoms with Crippen LogP contribution in [-0.2, 0) is 4.84 Å². The summed E-state index contributed by atoms with van der Waals surface area (Å²) in [4.78, 5) is 5.20. The molecule has 1 aromatic rings. The molecule has 1 aromatic carbocycles. The monoisotopic (exact) mass is 322 g/mol. The van der Waals surface area contributed by atoms with E-state index in [1.807, 2.05) is 18.2 Å². The summed E-state index contributed by atoms with van der Waals surface area (Å²) in [6.07, 6.45) is 7.68. The predicted molar refractivity (Wildman–Crippen MR) is 90.8 cm³/mol. The molecule has 0 radical (unpaired) electrons. The highest BCUT2D eigenvalue weighted by Gasteiger charge is 2.14. The SMILES string of the molecule is COc1ccc(/C=N\OC(=S)NC2CCCCC2)cc1OC. The summed E-state index contributed by atoms with van der Waals surface area (Å²) in [6.45, 7) is 0. The quantitative estimate of drug-likeness (QED) is 0.512. The second-order valence-corrected chi connectivity index (χ2v) is 5.58. The van der Waals surface area contributed by atoms with Gasteiger partial charge in [0.15, 0.2) is 11.5 Å². The van der Waals surface area contributed by atoms with Gasteiger partial charge in [-0.1, -0.05) is 24.4 Å². The molecule has 0 aromatic heterocycles. The van der Waals surface area contributed by atoms with Crippen molar-refractivity contribution in [3.8, 4) is 11.5 Å². The van der Waals surface area contributed by atoms with E-state index in [-0.39, 0.29) is 0 Å². The van der Waals surface area contributed by atoms with Crippen molar-refractivity contribution < 1.29 is 14.3 Å². The Morgan fingerprint density at radius 3 is 2.59 bits per heavy atom. The number of nitrogens with zero attached hydrogens (tertiary/aromatic N) is 1. The maximum Gasteiger partial charge on any atom is 0.289 e. The van der Waals surface area contributed by atoms with Gasteiger partial charge in [0.1, 0.15) is 0 Å². The Labute approximate surface area is 136 Å². The molecule has 0 spiro atoms. The minimum Gasteiger partial charge on any atom is -0.493 e. The molecule has 1 aliphatic rings. The fraction of sp³-hybridized carbons (Fsp3) is 0.500. The lowest BCUT2D eigenvalue weighted by atomic mass is 9.96. The van der Waals surface area contributed by atoms with Crippen molar-refractivity contribution in [2.75, 3.05) is 14.2 Å². The summed E-state index contributed by atoms with van der Waals surface area (Å²) in [6, 6.07) is 5.92. The highest BCUT2D eigenvalue weighted by Crippen LogP contribution is 2.26. The van der Waals surface area contributed by atoms with E-state index in [2.05, 4.69) is 10.5 Å². The minimum absolute atomic E-state index is 0.323. The van der Waals surface area contributed by atoms with Crippen molar-refractivity contribution in [3.63, 3.8) is 0 Å². The van der Waals surface area contributed by atoms with Gasteiger partial charge in [-0.2, -0.15) is 0 Å². The van der Waals surface area contributed by atoms with Crippen LogP contribution in [0.3, 0.4) is 0 Å². The first-order chi connectivity index (χ1) is 10.7. The van der Waals surface area contributed by atoms with Gasteiger partial charge >= 0.3 is 0 Å². The zero-order chi connectivity index (χ0) is 15.8. The summed E-state index contributed by atoms with van der Waals surface area (Å²) in [5.74, 6) is 1.32. The fourth-order valence-corrected chi connectivity index (χ4v) is 2.72. The first kappa shape index (κ1) is 16.5. The highest BCUT2D eigenvalue weighted by molar-refractivity contribution is 7.80. The smallest absolute Gasteiger partial charge is 0.289 e. The van der Waals surface area contributed by atoms with Gasteiger partial charge in [0, 0.05) is 11.6 Å². The Morgan fingerprint density at radius 2 is 1.91 bits per heavy atom. The lowest BCUT2D eigenvalue weighted by molar-refractivity contribution is 0.304. The topological polar surface area (TPSA) is 52.1 Å². The number of methoxy groups -OCH3 is 2. The number of rotatable bonds is 5. The van der Waals surface area contributed by atoms with Crippen molar-refractivity contribution >= 4 is 23.6 Å². The van der Waals surface area contributed by atoms with Gasteiger partial charge in [-0.15, -0.1) is 0 Å². The first-order valence-corrected chi connectivity index (χ1v) is 7.86. The van der Waals surface area contributed by atoms with Crippen LogP contribution in [0.4, 0.5) is 0 Å². The van der Waals surface area contributed by atoms with Crippen LogP contribution >= 0.6 is 12.2 Å². The lowest BCUT2D eigenvalue weighted by Crippen LogP contribution is -2.35. The molecule has 0 saturated heterocycles. The number of hydrogen-bond acceptors (Lipinski definition) is 5. The van der Waals surface area contributed by atoms with E-state index >= 15 is 0 Å². The summed E-state index contributed by atoms with van der Waals surface area (Å²) >= 11 is 5.15. The molecule has 0 heterocycles. The molecule has 5 nitrogen and oxygen atoms in total. The molecular weight excluding hydrogens is 300 g/mol. The average Bonchev–Trinajstić information content (AvgIpc) is 2.55. The number of benzene rings is 1. The second kappa shape index (κ2) is 8.58. The van der Waals surface area contributed by atoms with E-state index in [0.29, 0.717) is 22.7 Å². The number of thiocarbonyl (C=S) groups is 1.